The van der Waals surface area contributed by atoms with Gasteiger partial charge in [-0.2, -0.15) is 5.10 Å². The smallest absolute Gasteiger partial charge is 0.322 e. The highest BCUT2D eigenvalue weighted by molar-refractivity contribution is 8.00. The average Bonchev–Trinajstić information content (AvgIpc) is 2.96. The predicted octanol–water partition coefficient (Wildman–Crippen LogP) is 1.40. The molecule has 0 spiro atoms. The minimum absolute atomic E-state index is 0.209. The van der Waals surface area contributed by atoms with Crippen molar-refractivity contribution < 1.29 is 9.00 Å². The Balaban J connectivity index is 2.01. The quantitative estimate of drug-likeness (QED) is 0.643. The van der Waals surface area contributed by atoms with Crippen LogP contribution in [0.25, 0.3) is 0 Å². The van der Waals surface area contributed by atoms with Gasteiger partial charge in [-0.3, -0.25) is 19.3 Å². The molecular formula is C16H28N6O2S2. The molecule has 146 valence electrons. The van der Waals surface area contributed by atoms with Crippen LogP contribution in [0.15, 0.2) is 22.3 Å². The fourth-order valence-corrected chi connectivity index (χ4v) is 5.11. The van der Waals surface area contributed by atoms with Crippen LogP contribution in [0.5, 0.6) is 0 Å². The molecule has 1 saturated heterocycles. The van der Waals surface area contributed by atoms with Gasteiger partial charge in [0, 0.05) is 31.1 Å². The maximum atomic E-state index is 13.2. The van der Waals surface area contributed by atoms with Gasteiger partial charge in [-0.25, -0.2) is 4.79 Å². The van der Waals surface area contributed by atoms with Gasteiger partial charge in [0.2, 0.25) is 0 Å². The summed E-state index contributed by atoms with van der Waals surface area (Å²) in [5.41, 5.74) is 6.27. The monoisotopic (exact) mass is 400 g/mol. The Morgan fingerprint density at radius 3 is 2.54 bits per heavy atom. The number of nitrogens with one attached hydrogen (secondary N) is 1. The third-order valence-corrected chi connectivity index (χ3v) is 7.44. The first-order valence-corrected chi connectivity index (χ1v) is 10.5. The van der Waals surface area contributed by atoms with Crippen molar-refractivity contribution in [2.24, 2.45) is 23.8 Å². The van der Waals surface area contributed by atoms with Gasteiger partial charge >= 0.3 is 6.03 Å². The number of aromatic nitrogens is 2. The third-order valence-electron chi connectivity index (χ3n) is 4.90. The molecule has 2 heterocycles. The first kappa shape index (κ1) is 20.8. The van der Waals surface area contributed by atoms with Gasteiger partial charge in [0.1, 0.15) is 10.1 Å². The zero-order chi connectivity index (χ0) is 19.5. The number of nitrogens with zero attached hydrogens (tertiary/aromatic N) is 3. The molecule has 5 N–H and O–H groups in total. The first-order chi connectivity index (χ1) is 12.2. The highest BCUT2D eigenvalue weighted by atomic mass is 32.2. The van der Waals surface area contributed by atoms with Gasteiger partial charge in [-0.1, -0.05) is 0 Å². The second kappa shape index (κ2) is 8.45. The van der Waals surface area contributed by atoms with Crippen LogP contribution in [0, 0.1) is 12.8 Å². The average molecular weight is 401 g/mol. The molecule has 26 heavy (non-hydrogen) atoms. The molecule has 0 bridgehead atoms. The molecule has 2 rings (SSSR count). The topological polar surface area (TPSA) is 119 Å². The lowest BCUT2D eigenvalue weighted by molar-refractivity contribution is 0.164. The number of rotatable bonds is 5. The lowest BCUT2D eigenvalue weighted by Gasteiger charge is -2.39. The Kier molecular flexibility index (Phi) is 6.75. The third kappa shape index (κ3) is 4.41. The molecule has 2 amide bonds. The van der Waals surface area contributed by atoms with Crippen molar-refractivity contribution in [3.05, 3.63) is 23.0 Å². The van der Waals surface area contributed by atoms with E-state index in [2.05, 4.69) is 10.4 Å². The molecule has 10 heteroatoms. The van der Waals surface area contributed by atoms with Crippen LogP contribution in [0.2, 0.25) is 0 Å². The molecule has 0 radical (unpaired) electrons. The minimum atomic E-state index is -1.18. The molecule has 1 atom stereocenters. The number of hydrogen-bond acceptors (Lipinski definition) is 6. The molecule has 1 unspecified atom stereocenters. The largest absolute Gasteiger partial charge is 0.402 e. The molecule has 0 saturated carbocycles. The van der Waals surface area contributed by atoms with Crippen molar-refractivity contribution in [1.29, 1.82) is 0 Å². The molecule has 1 aromatic rings. The number of amides is 2. The molecule has 1 aliphatic rings. The van der Waals surface area contributed by atoms with E-state index in [1.54, 1.807) is 9.58 Å². The highest BCUT2D eigenvalue weighted by Crippen LogP contribution is 2.35. The van der Waals surface area contributed by atoms with Crippen LogP contribution in [0.3, 0.4) is 0 Å². The number of hydrogen-bond donors (Lipinski definition) is 3. The Morgan fingerprint density at radius 1 is 1.46 bits per heavy atom. The zero-order valence-electron chi connectivity index (χ0n) is 15.7. The number of aryl methyl sites for hydroxylation is 2. The second-order valence-corrected chi connectivity index (χ2v) is 9.64. The van der Waals surface area contributed by atoms with Crippen molar-refractivity contribution in [2.75, 3.05) is 13.1 Å². The van der Waals surface area contributed by atoms with E-state index in [9.17, 15) is 9.00 Å². The summed E-state index contributed by atoms with van der Waals surface area (Å²) in [6, 6.07) is 1.67. The summed E-state index contributed by atoms with van der Waals surface area (Å²) in [6.07, 6.45) is 2.86. The van der Waals surface area contributed by atoms with Crippen LogP contribution in [0.4, 0.5) is 4.79 Å². The molecule has 8 nitrogen and oxygen atoms in total. The SMILES string of the molecule is Cc1cc(S(=O)C(C)(C)C2CCN(C(=O)N/C(=C/N)SN)CC2)n(C)n1. The number of nitrogens with two attached hydrogens (primary N) is 2. The van der Waals surface area contributed by atoms with E-state index in [4.69, 9.17) is 10.9 Å². The Hall–Kier alpha value is -1.52. The summed E-state index contributed by atoms with van der Waals surface area (Å²) >= 11 is 0.901. The predicted molar refractivity (Wildman–Crippen MR) is 105 cm³/mol. The molecular weight excluding hydrogens is 372 g/mol. The highest BCUT2D eigenvalue weighted by Gasteiger charge is 2.39. The molecule has 1 aromatic heterocycles. The zero-order valence-corrected chi connectivity index (χ0v) is 17.3. The first-order valence-electron chi connectivity index (χ1n) is 8.47. The number of carbonyl (C=O) groups excluding carboxylic acids is 1. The summed E-state index contributed by atoms with van der Waals surface area (Å²) in [6.45, 7) is 7.18. The van der Waals surface area contributed by atoms with E-state index in [1.807, 2.05) is 33.9 Å². The van der Waals surface area contributed by atoms with E-state index < -0.39 is 15.5 Å². The van der Waals surface area contributed by atoms with Crippen LogP contribution >= 0.6 is 11.9 Å². The number of carbonyl (C=O) groups is 1. The molecule has 0 aliphatic carbocycles. The summed E-state index contributed by atoms with van der Waals surface area (Å²) in [5.74, 6) is 0.246. The summed E-state index contributed by atoms with van der Waals surface area (Å²) in [5, 5.41) is 13.6. The van der Waals surface area contributed by atoms with Crippen LogP contribution in [-0.2, 0) is 17.8 Å². The lowest BCUT2D eigenvalue weighted by Crippen LogP contribution is -2.48. The van der Waals surface area contributed by atoms with Crippen LogP contribution in [0.1, 0.15) is 32.4 Å². The second-order valence-electron chi connectivity index (χ2n) is 6.96. The fraction of sp³-hybridized carbons (Fsp3) is 0.625. The summed E-state index contributed by atoms with van der Waals surface area (Å²) < 4.78 is 14.4. The number of likely N-dealkylation sites (tertiary alicyclic amines) is 1. The van der Waals surface area contributed by atoms with Gasteiger partial charge in [-0.05, 0) is 57.5 Å². The van der Waals surface area contributed by atoms with Crippen LogP contribution < -0.4 is 16.2 Å². The fourth-order valence-electron chi connectivity index (χ4n) is 3.25. The number of piperidine rings is 1. The molecule has 1 aliphatic heterocycles. The van der Waals surface area contributed by atoms with Crippen molar-refractivity contribution in [1.82, 2.24) is 20.0 Å². The number of urea groups is 1. The normalized spacial score (nSPS) is 18.0. The Labute approximate surface area is 161 Å². The van der Waals surface area contributed by atoms with E-state index in [0.717, 1.165) is 35.5 Å². The summed E-state index contributed by atoms with van der Waals surface area (Å²) in [4.78, 5) is 14.0. The molecule has 1 fully saturated rings. The van der Waals surface area contributed by atoms with Gasteiger partial charge < -0.3 is 10.6 Å². The van der Waals surface area contributed by atoms with Gasteiger partial charge in [0.05, 0.1) is 16.5 Å². The van der Waals surface area contributed by atoms with E-state index in [0.29, 0.717) is 18.1 Å². The maximum absolute atomic E-state index is 13.2. The van der Waals surface area contributed by atoms with Crippen molar-refractivity contribution in [2.45, 2.75) is 43.4 Å². The van der Waals surface area contributed by atoms with Crippen molar-refractivity contribution in [3.63, 3.8) is 0 Å². The standard InChI is InChI=1S/C16H28N6O2S2/c1-11-9-14(21(4)20-11)26(24)16(2,3)12-5-7-22(8-6-12)15(23)19-13(10-17)25-18/h9-10,12H,5-8,17-18H2,1-4H3,(H,19,23)/b13-10-. The Morgan fingerprint density at radius 2 is 2.08 bits per heavy atom. The van der Waals surface area contributed by atoms with Gasteiger partial charge in [0.25, 0.3) is 0 Å². The van der Waals surface area contributed by atoms with Gasteiger partial charge in [-0.15, -0.1) is 0 Å². The summed E-state index contributed by atoms with van der Waals surface area (Å²) in [7, 11) is 0.641. The molecule has 0 aromatic carbocycles. The van der Waals surface area contributed by atoms with Gasteiger partial charge in [0.15, 0.2) is 0 Å². The van der Waals surface area contributed by atoms with Crippen molar-refractivity contribution >= 4 is 28.8 Å². The van der Waals surface area contributed by atoms with E-state index >= 15 is 0 Å². The lowest BCUT2D eigenvalue weighted by atomic mass is 9.86. The van der Waals surface area contributed by atoms with E-state index in [-0.39, 0.29) is 11.9 Å². The van der Waals surface area contributed by atoms with E-state index in [1.165, 1.54) is 6.20 Å². The maximum Gasteiger partial charge on any atom is 0.322 e. The Bertz CT molecular complexity index is 708. The minimum Gasteiger partial charge on any atom is -0.402 e. The van der Waals surface area contributed by atoms with Crippen LogP contribution in [-0.4, -0.2) is 42.8 Å². The van der Waals surface area contributed by atoms with Crippen molar-refractivity contribution in [3.8, 4) is 0 Å².